The van der Waals surface area contributed by atoms with Gasteiger partial charge in [0.15, 0.2) is 5.96 Å². The van der Waals surface area contributed by atoms with Crippen molar-refractivity contribution < 1.29 is 4.42 Å². The summed E-state index contributed by atoms with van der Waals surface area (Å²) in [5, 5.41) is 8.97. The number of nitrogens with one attached hydrogen (secondary N) is 2. The molecule has 0 saturated carbocycles. The first-order chi connectivity index (χ1) is 11.8. The largest absolute Gasteiger partial charge is 0.467 e. The number of hydrogen-bond acceptors (Lipinski definition) is 4. The molecule has 5 nitrogen and oxygen atoms in total. The Morgan fingerprint density at radius 2 is 2.29 bits per heavy atom. The first kappa shape index (κ1) is 17.0. The van der Waals surface area contributed by atoms with E-state index in [1.807, 2.05) is 23.5 Å². The lowest BCUT2D eigenvalue weighted by Crippen LogP contribution is -2.44. The van der Waals surface area contributed by atoms with Gasteiger partial charge < -0.3 is 15.1 Å². The maximum absolute atomic E-state index is 5.35. The topological polar surface area (TPSA) is 52.8 Å². The van der Waals surface area contributed by atoms with E-state index in [0.29, 0.717) is 18.5 Å². The minimum Gasteiger partial charge on any atom is -0.467 e. The molecule has 1 fully saturated rings. The third-order valence-corrected chi connectivity index (χ3v) is 5.55. The number of guanidine groups is 1. The van der Waals surface area contributed by atoms with Crippen LogP contribution in [0.3, 0.4) is 0 Å². The van der Waals surface area contributed by atoms with Gasteiger partial charge in [-0.1, -0.05) is 6.07 Å². The van der Waals surface area contributed by atoms with Crippen molar-refractivity contribution in [3.8, 4) is 0 Å². The standard InChI is InChI=1S/C18H26N4OS/c1-19-18(21-13-15-7-4-10-23-15)20-12-14-6-3-9-22(2)17(14)16-8-5-11-24-16/h4-5,7-8,10-11,14,17H,3,6,9,12-13H2,1-2H3,(H2,19,20,21). The zero-order valence-electron chi connectivity index (χ0n) is 14.4. The molecule has 2 atom stereocenters. The minimum atomic E-state index is 0.495. The first-order valence-corrected chi connectivity index (χ1v) is 9.36. The van der Waals surface area contributed by atoms with Crippen LogP contribution in [0.5, 0.6) is 0 Å². The summed E-state index contributed by atoms with van der Waals surface area (Å²) >= 11 is 1.86. The van der Waals surface area contributed by atoms with Crippen molar-refractivity contribution in [1.82, 2.24) is 15.5 Å². The Hall–Kier alpha value is -1.79. The molecule has 2 N–H and O–H groups in total. The normalized spacial score (nSPS) is 22.5. The summed E-state index contributed by atoms with van der Waals surface area (Å²) in [5.41, 5.74) is 0. The fourth-order valence-corrected chi connectivity index (χ4v) is 4.40. The van der Waals surface area contributed by atoms with Gasteiger partial charge in [-0.05, 0) is 55.9 Å². The molecule has 24 heavy (non-hydrogen) atoms. The van der Waals surface area contributed by atoms with Gasteiger partial charge in [-0.3, -0.25) is 9.89 Å². The average molecular weight is 346 g/mol. The number of furan rings is 1. The van der Waals surface area contributed by atoms with Gasteiger partial charge in [0.25, 0.3) is 0 Å². The van der Waals surface area contributed by atoms with Crippen molar-refractivity contribution in [2.75, 3.05) is 27.2 Å². The van der Waals surface area contributed by atoms with Crippen LogP contribution in [-0.2, 0) is 6.54 Å². The molecule has 0 spiro atoms. The zero-order valence-corrected chi connectivity index (χ0v) is 15.2. The van der Waals surface area contributed by atoms with Crippen molar-refractivity contribution in [3.05, 3.63) is 46.5 Å². The Labute approximate surface area is 147 Å². The van der Waals surface area contributed by atoms with Crippen LogP contribution < -0.4 is 10.6 Å². The van der Waals surface area contributed by atoms with Crippen molar-refractivity contribution in [2.24, 2.45) is 10.9 Å². The molecular weight excluding hydrogens is 320 g/mol. The van der Waals surface area contributed by atoms with E-state index in [4.69, 9.17) is 4.42 Å². The molecule has 0 amide bonds. The van der Waals surface area contributed by atoms with Crippen LogP contribution in [0.4, 0.5) is 0 Å². The molecular formula is C18H26N4OS. The summed E-state index contributed by atoms with van der Waals surface area (Å²) in [4.78, 5) is 8.27. The van der Waals surface area contributed by atoms with E-state index in [2.05, 4.69) is 45.1 Å². The molecule has 1 aliphatic heterocycles. The number of thiophene rings is 1. The van der Waals surface area contributed by atoms with E-state index in [0.717, 1.165) is 18.3 Å². The Bertz CT molecular complexity index is 624. The fourth-order valence-electron chi connectivity index (χ4n) is 3.41. The van der Waals surface area contributed by atoms with Crippen LogP contribution in [0.15, 0.2) is 45.3 Å². The second-order valence-electron chi connectivity index (χ2n) is 6.23. The molecule has 2 aromatic heterocycles. The summed E-state index contributed by atoms with van der Waals surface area (Å²) < 4.78 is 5.35. The minimum absolute atomic E-state index is 0.495. The molecule has 2 unspecified atom stereocenters. The van der Waals surface area contributed by atoms with E-state index >= 15 is 0 Å². The number of piperidine rings is 1. The molecule has 2 aromatic rings. The molecule has 3 heterocycles. The third-order valence-electron chi connectivity index (χ3n) is 4.61. The smallest absolute Gasteiger partial charge is 0.191 e. The van der Waals surface area contributed by atoms with Crippen LogP contribution in [0.25, 0.3) is 0 Å². The Morgan fingerprint density at radius 3 is 3.00 bits per heavy atom. The van der Waals surface area contributed by atoms with Gasteiger partial charge in [0.2, 0.25) is 0 Å². The molecule has 0 aliphatic carbocycles. The summed E-state index contributed by atoms with van der Waals surface area (Å²) in [6.45, 7) is 2.74. The SMILES string of the molecule is CN=C(NCc1ccco1)NCC1CCCN(C)C1c1cccs1. The predicted molar refractivity (Wildman–Crippen MR) is 99.3 cm³/mol. The molecule has 0 bridgehead atoms. The molecule has 6 heteroatoms. The van der Waals surface area contributed by atoms with Gasteiger partial charge in [0.05, 0.1) is 12.8 Å². The molecule has 130 valence electrons. The van der Waals surface area contributed by atoms with E-state index in [1.54, 1.807) is 13.3 Å². The van der Waals surface area contributed by atoms with E-state index in [9.17, 15) is 0 Å². The summed E-state index contributed by atoms with van der Waals surface area (Å²) in [5.74, 6) is 2.32. The quantitative estimate of drug-likeness (QED) is 0.645. The van der Waals surface area contributed by atoms with Gasteiger partial charge in [-0.25, -0.2) is 0 Å². The third kappa shape index (κ3) is 4.19. The predicted octanol–water partition coefficient (Wildman–Crippen LogP) is 3.09. The Balaban J connectivity index is 1.56. The summed E-state index contributed by atoms with van der Waals surface area (Å²) in [6.07, 6.45) is 4.19. The highest BCUT2D eigenvalue weighted by atomic mass is 32.1. The van der Waals surface area contributed by atoms with E-state index < -0.39 is 0 Å². The van der Waals surface area contributed by atoms with Crippen molar-refractivity contribution in [2.45, 2.75) is 25.4 Å². The second-order valence-corrected chi connectivity index (χ2v) is 7.21. The zero-order chi connectivity index (χ0) is 16.8. The van der Waals surface area contributed by atoms with Gasteiger partial charge >= 0.3 is 0 Å². The second kappa shape index (κ2) is 8.35. The summed E-state index contributed by atoms with van der Waals surface area (Å²) in [6, 6.07) is 8.76. The van der Waals surface area contributed by atoms with Crippen molar-refractivity contribution >= 4 is 17.3 Å². The Kier molecular flexibility index (Phi) is 5.93. The van der Waals surface area contributed by atoms with Gasteiger partial charge in [0, 0.05) is 24.5 Å². The van der Waals surface area contributed by atoms with Crippen LogP contribution in [0.1, 0.15) is 29.5 Å². The summed E-state index contributed by atoms with van der Waals surface area (Å²) in [7, 11) is 4.04. The monoisotopic (exact) mass is 346 g/mol. The van der Waals surface area contributed by atoms with Crippen molar-refractivity contribution in [1.29, 1.82) is 0 Å². The number of nitrogens with zero attached hydrogens (tertiary/aromatic N) is 2. The van der Waals surface area contributed by atoms with Crippen LogP contribution in [0, 0.1) is 5.92 Å². The molecule has 1 saturated heterocycles. The molecule has 0 aromatic carbocycles. The maximum atomic E-state index is 5.35. The molecule has 1 aliphatic rings. The highest BCUT2D eigenvalue weighted by Crippen LogP contribution is 2.36. The lowest BCUT2D eigenvalue weighted by Gasteiger charge is -2.39. The lowest BCUT2D eigenvalue weighted by atomic mass is 9.88. The molecule has 3 rings (SSSR count). The van der Waals surface area contributed by atoms with Gasteiger partial charge in [-0.15, -0.1) is 11.3 Å². The van der Waals surface area contributed by atoms with Crippen LogP contribution in [0.2, 0.25) is 0 Å². The maximum Gasteiger partial charge on any atom is 0.191 e. The lowest BCUT2D eigenvalue weighted by molar-refractivity contribution is 0.125. The highest BCUT2D eigenvalue weighted by Gasteiger charge is 2.31. The van der Waals surface area contributed by atoms with E-state index in [-0.39, 0.29) is 0 Å². The highest BCUT2D eigenvalue weighted by molar-refractivity contribution is 7.10. The first-order valence-electron chi connectivity index (χ1n) is 8.48. The molecule has 0 radical (unpaired) electrons. The number of hydrogen-bond donors (Lipinski definition) is 2. The fraction of sp³-hybridized carbons (Fsp3) is 0.500. The van der Waals surface area contributed by atoms with Crippen molar-refractivity contribution in [3.63, 3.8) is 0 Å². The van der Waals surface area contributed by atoms with Gasteiger partial charge in [0.1, 0.15) is 5.76 Å². The van der Waals surface area contributed by atoms with E-state index in [1.165, 1.54) is 24.3 Å². The Morgan fingerprint density at radius 1 is 1.38 bits per heavy atom. The average Bonchev–Trinajstić information content (AvgIpc) is 3.29. The number of rotatable bonds is 5. The number of aliphatic imine (C=N–C) groups is 1. The number of likely N-dealkylation sites (tertiary alicyclic amines) is 1. The van der Waals surface area contributed by atoms with Gasteiger partial charge in [-0.2, -0.15) is 0 Å². The van der Waals surface area contributed by atoms with Crippen LogP contribution >= 0.6 is 11.3 Å². The van der Waals surface area contributed by atoms with Crippen LogP contribution in [-0.4, -0.2) is 38.0 Å².